The van der Waals surface area contributed by atoms with Crippen molar-refractivity contribution in [3.63, 3.8) is 0 Å². The van der Waals surface area contributed by atoms with E-state index in [0.29, 0.717) is 18.3 Å². The van der Waals surface area contributed by atoms with E-state index in [-0.39, 0.29) is 0 Å². The smallest absolute Gasteiger partial charge is 0.229 e. The van der Waals surface area contributed by atoms with Crippen LogP contribution in [0.3, 0.4) is 0 Å². The Balaban J connectivity index is 1.46. The van der Waals surface area contributed by atoms with Crippen molar-refractivity contribution in [2.24, 2.45) is 0 Å². The average Bonchev–Trinajstić information content (AvgIpc) is 3.16. The van der Waals surface area contributed by atoms with E-state index >= 15 is 0 Å². The summed E-state index contributed by atoms with van der Waals surface area (Å²) in [5.74, 6) is 3.59. The van der Waals surface area contributed by atoms with Crippen LogP contribution < -0.4 is 9.64 Å². The van der Waals surface area contributed by atoms with Gasteiger partial charge in [-0.15, -0.1) is 0 Å². The summed E-state index contributed by atoms with van der Waals surface area (Å²) in [6.07, 6.45) is 2.31. The second kappa shape index (κ2) is 5.99. The van der Waals surface area contributed by atoms with Crippen LogP contribution in [0.25, 0.3) is 11.3 Å². The zero-order chi connectivity index (χ0) is 16.5. The summed E-state index contributed by atoms with van der Waals surface area (Å²) >= 11 is 0. The molecule has 0 bridgehead atoms. The van der Waals surface area contributed by atoms with Gasteiger partial charge in [0.2, 0.25) is 5.89 Å². The first-order chi connectivity index (χ1) is 11.7. The number of anilines is 1. The van der Waals surface area contributed by atoms with Gasteiger partial charge in [0.25, 0.3) is 0 Å². The predicted molar refractivity (Wildman–Crippen MR) is 89.0 cm³/mol. The molecule has 2 aromatic heterocycles. The van der Waals surface area contributed by atoms with E-state index in [4.69, 9.17) is 9.26 Å². The predicted octanol–water partition coefficient (Wildman–Crippen LogP) is 2.98. The Hall–Kier alpha value is -2.83. The fourth-order valence-electron chi connectivity index (χ4n) is 2.55. The van der Waals surface area contributed by atoms with Gasteiger partial charge in [-0.05, 0) is 42.7 Å². The third-order valence-corrected chi connectivity index (χ3v) is 4.15. The zero-order valence-corrected chi connectivity index (χ0v) is 13.7. The van der Waals surface area contributed by atoms with Crippen LogP contribution in [-0.4, -0.2) is 34.5 Å². The zero-order valence-electron chi connectivity index (χ0n) is 13.7. The van der Waals surface area contributed by atoms with Crippen molar-refractivity contribution in [2.75, 3.05) is 19.1 Å². The number of methoxy groups -OCH3 is 1. The van der Waals surface area contributed by atoms with Gasteiger partial charge in [0.05, 0.1) is 19.3 Å². The van der Waals surface area contributed by atoms with Gasteiger partial charge in [-0.1, -0.05) is 5.16 Å². The molecule has 0 unspecified atom stereocenters. The van der Waals surface area contributed by atoms with E-state index in [1.807, 2.05) is 42.3 Å². The second-order valence-electron chi connectivity index (χ2n) is 6.05. The Morgan fingerprint density at radius 3 is 2.79 bits per heavy atom. The maximum Gasteiger partial charge on any atom is 0.229 e. The third kappa shape index (κ3) is 2.97. The number of hydrogen-bond acceptors (Lipinski definition) is 6. The maximum absolute atomic E-state index is 5.29. The summed E-state index contributed by atoms with van der Waals surface area (Å²) < 4.78 is 10.5. The van der Waals surface area contributed by atoms with Gasteiger partial charge >= 0.3 is 0 Å². The van der Waals surface area contributed by atoms with Gasteiger partial charge in [0.15, 0.2) is 11.6 Å². The number of rotatable bonds is 6. The first kappa shape index (κ1) is 14.7. The lowest BCUT2D eigenvalue weighted by Crippen LogP contribution is -2.17. The molecule has 7 nitrogen and oxygen atoms in total. The molecule has 24 heavy (non-hydrogen) atoms. The van der Waals surface area contributed by atoms with Crippen molar-refractivity contribution in [2.45, 2.75) is 25.3 Å². The standard InChI is InChI=1S/C17H19N5O2/c1-22(10-15-18-17(24-21-15)12-3-4-12)16-9-14(19-20-16)11-5-7-13(23-2)8-6-11/h5-9,12H,3-4,10H2,1-2H3,(H,19,20). The van der Waals surface area contributed by atoms with Crippen LogP contribution in [-0.2, 0) is 6.54 Å². The van der Waals surface area contributed by atoms with Crippen LogP contribution in [0.2, 0.25) is 0 Å². The largest absolute Gasteiger partial charge is 0.497 e. The fraction of sp³-hybridized carbons (Fsp3) is 0.353. The number of nitrogens with zero attached hydrogens (tertiary/aromatic N) is 4. The van der Waals surface area contributed by atoms with E-state index < -0.39 is 0 Å². The Labute approximate surface area is 139 Å². The lowest BCUT2D eigenvalue weighted by atomic mass is 10.1. The number of nitrogens with one attached hydrogen (secondary N) is 1. The molecule has 7 heteroatoms. The van der Waals surface area contributed by atoms with Gasteiger partial charge in [-0.25, -0.2) is 0 Å². The number of H-pyrrole nitrogens is 1. The van der Waals surface area contributed by atoms with Gasteiger partial charge in [0.1, 0.15) is 5.75 Å². The first-order valence-corrected chi connectivity index (χ1v) is 7.96. The molecule has 0 amide bonds. The number of hydrogen-bond donors (Lipinski definition) is 1. The number of aromatic nitrogens is 4. The molecule has 0 aliphatic heterocycles. The van der Waals surface area contributed by atoms with E-state index in [1.165, 1.54) is 0 Å². The van der Waals surface area contributed by atoms with Crippen LogP contribution in [0, 0.1) is 0 Å². The second-order valence-corrected chi connectivity index (χ2v) is 6.05. The van der Waals surface area contributed by atoms with Crippen LogP contribution >= 0.6 is 0 Å². The molecule has 1 aromatic carbocycles. The van der Waals surface area contributed by atoms with E-state index in [1.54, 1.807) is 7.11 Å². The minimum absolute atomic E-state index is 0.476. The molecular formula is C17H19N5O2. The summed E-state index contributed by atoms with van der Waals surface area (Å²) in [7, 11) is 3.62. The molecular weight excluding hydrogens is 306 g/mol. The van der Waals surface area contributed by atoms with E-state index in [0.717, 1.165) is 41.6 Å². The summed E-state index contributed by atoms with van der Waals surface area (Å²) in [4.78, 5) is 6.44. The van der Waals surface area contributed by atoms with Crippen molar-refractivity contribution >= 4 is 5.82 Å². The maximum atomic E-state index is 5.29. The summed E-state index contributed by atoms with van der Waals surface area (Å²) in [6, 6.07) is 9.86. The van der Waals surface area contributed by atoms with E-state index in [2.05, 4.69) is 20.3 Å². The van der Waals surface area contributed by atoms with Crippen molar-refractivity contribution in [3.05, 3.63) is 42.0 Å². The lowest BCUT2D eigenvalue weighted by Gasteiger charge is -2.12. The van der Waals surface area contributed by atoms with Crippen molar-refractivity contribution < 1.29 is 9.26 Å². The summed E-state index contributed by atoms with van der Waals surface area (Å²) in [5.41, 5.74) is 2.00. The van der Waals surface area contributed by atoms with Crippen LogP contribution in [0.5, 0.6) is 5.75 Å². The van der Waals surface area contributed by atoms with Crippen molar-refractivity contribution in [1.82, 2.24) is 20.3 Å². The molecule has 4 rings (SSSR count). The summed E-state index contributed by atoms with van der Waals surface area (Å²) in [5, 5.41) is 11.5. The molecule has 0 saturated heterocycles. The highest BCUT2D eigenvalue weighted by Gasteiger charge is 2.29. The van der Waals surface area contributed by atoms with Gasteiger partial charge < -0.3 is 14.2 Å². The molecule has 1 N–H and O–H groups in total. The summed E-state index contributed by atoms with van der Waals surface area (Å²) in [6.45, 7) is 0.559. The topological polar surface area (TPSA) is 80.1 Å². The monoisotopic (exact) mass is 325 g/mol. The van der Waals surface area contributed by atoms with Crippen LogP contribution in [0.4, 0.5) is 5.82 Å². The number of ether oxygens (including phenoxy) is 1. The minimum Gasteiger partial charge on any atom is -0.497 e. The van der Waals surface area contributed by atoms with Gasteiger partial charge in [-0.3, -0.25) is 5.10 Å². The fourth-order valence-corrected chi connectivity index (χ4v) is 2.55. The third-order valence-electron chi connectivity index (χ3n) is 4.15. The molecule has 1 saturated carbocycles. The first-order valence-electron chi connectivity index (χ1n) is 7.96. The molecule has 1 aliphatic rings. The Morgan fingerprint density at radius 2 is 2.08 bits per heavy atom. The highest BCUT2D eigenvalue weighted by Crippen LogP contribution is 2.38. The SMILES string of the molecule is COc1ccc(-c2cc(N(C)Cc3noc(C4CC4)n3)n[nH]2)cc1. The molecule has 2 heterocycles. The van der Waals surface area contributed by atoms with Gasteiger partial charge in [0, 0.05) is 19.0 Å². The Bertz CT molecular complexity index is 820. The van der Waals surface area contributed by atoms with Gasteiger partial charge in [-0.2, -0.15) is 10.1 Å². The molecule has 0 atom stereocenters. The number of aromatic amines is 1. The normalized spacial score (nSPS) is 13.9. The highest BCUT2D eigenvalue weighted by molar-refractivity contribution is 5.63. The van der Waals surface area contributed by atoms with E-state index in [9.17, 15) is 0 Å². The highest BCUT2D eigenvalue weighted by atomic mass is 16.5. The molecule has 0 radical (unpaired) electrons. The van der Waals surface area contributed by atoms with Crippen molar-refractivity contribution in [1.29, 1.82) is 0 Å². The average molecular weight is 325 g/mol. The molecule has 0 spiro atoms. The molecule has 124 valence electrons. The Morgan fingerprint density at radius 1 is 1.29 bits per heavy atom. The lowest BCUT2D eigenvalue weighted by molar-refractivity contribution is 0.374. The minimum atomic E-state index is 0.476. The molecule has 1 fully saturated rings. The Kier molecular flexibility index (Phi) is 3.68. The van der Waals surface area contributed by atoms with Crippen LogP contribution in [0.1, 0.15) is 30.5 Å². The number of benzene rings is 1. The van der Waals surface area contributed by atoms with Crippen molar-refractivity contribution in [3.8, 4) is 17.0 Å². The molecule has 3 aromatic rings. The van der Waals surface area contributed by atoms with Crippen LogP contribution in [0.15, 0.2) is 34.9 Å². The molecule has 1 aliphatic carbocycles. The quantitative estimate of drug-likeness (QED) is 0.750.